The Kier molecular flexibility index (Phi) is 12.4. The third-order valence-electron chi connectivity index (χ3n) is 11.2. The summed E-state index contributed by atoms with van der Waals surface area (Å²) < 4.78 is 63.2. The molecule has 334 valence electrons. The van der Waals surface area contributed by atoms with Gasteiger partial charge >= 0.3 is 0 Å². The van der Waals surface area contributed by atoms with Gasteiger partial charge in [0.1, 0.15) is 41.9 Å². The lowest BCUT2D eigenvalue weighted by atomic mass is 10.0. The first-order valence-electron chi connectivity index (χ1n) is 21.1. The zero-order valence-electron chi connectivity index (χ0n) is 34.8. The molecule has 2 saturated heterocycles. The zero-order valence-corrected chi connectivity index (χ0v) is 34.8. The number of carbonyl (C=O) groups is 4. The SMILES string of the molecule is O=C1CCC(N2C(=O)c3cccc(OCCCCCCOCC#Cc4cc5[nH]c(CNc6nc(N7CCOCC7)nc7c6ncn7-c6cccc(F)c6)nc5c(F)c4F)c3C2=O)C(=O)N1. The number of fused-ring (bicyclic) bond motifs is 3. The lowest BCUT2D eigenvalue weighted by Gasteiger charge is -2.27. The van der Waals surface area contributed by atoms with Crippen LogP contribution in [0.15, 0.2) is 54.9 Å². The number of carbonyl (C=O) groups excluding carboxylic acids is 4. The van der Waals surface area contributed by atoms with E-state index in [0.717, 1.165) is 17.7 Å². The van der Waals surface area contributed by atoms with E-state index in [9.17, 15) is 23.6 Å². The van der Waals surface area contributed by atoms with Crippen LogP contribution in [0.1, 0.15) is 70.6 Å². The first-order chi connectivity index (χ1) is 31.6. The number of rotatable bonds is 15. The molecule has 0 bridgehead atoms. The molecule has 9 rings (SSSR count). The fourth-order valence-electron chi connectivity index (χ4n) is 7.91. The second-order valence-corrected chi connectivity index (χ2v) is 15.5. The Bertz CT molecular complexity index is 2900. The monoisotopic (exact) mass is 890 g/mol. The molecular weight excluding hydrogens is 850 g/mol. The molecule has 3 aliphatic rings. The molecule has 4 amide bonds. The van der Waals surface area contributed by atoms with E-state index in [1.165, 1.54) is 30.6 Å². The molecule has 1 unspecified atom stereocenters. The van der Waals surface area contributed by atoms with E-state index in [2.05, 4.69) is 37.4 Å². The van der Waals surface area contributed by atoms with Gasteiger partial charge in [-0.25, -0.2) is 23.1 Å². The van der Waals surface area contributed by atoms with Gasteiger partial charge in [0.05, 0.1) is 54.3 Å². The Labute approximate surface area is 368 Å². The summed E-state index contributed by atoms with van der Waals surface area (Å²) >= 11 is 0. The summed E-state index contributed by atoms with van der Waals surface area (Å²) in [6.45, 7) is 2.86. The number of imide groups is 2. The molecule has 3 aliphatic heterocycles. The Balaban J connectivity index is 0.756. The van der Waals surface area contributed by atoms with Crippen LogP contribution >= 0.6 is 0 Å². The number of hydrogen-bond acceptors (Lipinski definition) is 13. The number of aromatic nitrogens is 6. The highest BCUT2D eigenvalue weighted by Gasteiger charge is 2.46. The number of nitrogens with one attached hydrogen (secondary N) is 3. The third kappa shape index (κ3) is 8.92. The molecule has 6 aromatic rings. The van der Waals surface area contributed by atoms with Crippen LogP contribution in [0.2, 0.25) is 0 Å². The summed E-state index contributed by atoms with van der Waals surface area (Å²) in [7, 11) is 0. The molecule has 1 atom stereocenters. The van der Waals surface area contributed by atoms with Crippen molar-refractivity contribution in [1.29, 1.82) is 0 Å². The number of ether oxygens (including phenoxy) is 3. The van der Waals surface area contributed by atoms with Crippen molar-refractivity contribution in [3.63, 3.8) is 0 Å². The number of imidazole rings is 2. The van der Waals surface area contributed by atoms with Gasteiger partial charge in [0.15, 0.2) is 28.6 Å². The second kappa shape index (κ2) is 18.8. The first kappa shape index (κ1) is 42.9. The van der Waals surface area contributed by atoms with E-state index in [1.807, 2.05) is 4.90 Å². The zero-order chi connectivity index (χ0) is 45.0. The summed E-state index contributed by atoms with van der Waals surface area (Å²) in [5.74, 6) is 1.73. The summed E-state index contributed by atoms with van der Waals surface area (Å²) in [5.41, 5.74) is 1.56. The van der Waals surface area contributed by atoms with Crippen molar-refractivity contribution in [1.82, 2.24) is 39.7 Å². The fraction of sp³-hybridized carbons (Fsp3) is 0.333. The van der Waals surface area contributed by atoms with Gasteiger partial charge < -0.3 is 29.4 Å². The number of aromatic amines is 1. The number of anilines is 2. The van der Waals surface area contributed by atoms with E-state index in [1.54, 1.807) is 28.8 Å². The topological polar surface area (TPSA) is 199 Å². The van der Waals surface area contributed by atoms with Crippen LogP contribution in [-0.2, 0) is 25.6 Å². The lowest BCUT2D eigenvalue weighted by Crippen LogP contribution is -2.54. The smallest absolute Gasteiger partial charge is 0.266 e. The van der Waals surface area contributed by atoms with Crippen LogP contribution in [0.25, 0.3) is 27.9 Å². The lowest BCUT2D eigenvalue weighted by molar-refractivity contribution is -0.136. The van der Waals surface area contributed by atoms with Gasteiger partial charge in [0.25, 0.3) is 11.8 Å². The van der Waals surface area contributed by atoms with Crippen molar-refractivity contribution >= 4 is 57.6 Å². The molecule has 20 heteroatoms. The van der Waals surface area contributed by atoms with Gasteiger partial charge in [-0.05, 0) is 62.1 Å². The number of amides is 4. The largest absolute Gasteiger partial charge is 0.493 e. The first-order valence-corrected chi connectivity index (χ1v) is 21.1. The van der Waals surface area contributed by atoms with Crippen LogP contribution in [0.4, 0.5) is 24.9 Å². The van der Waals surface area contributed by atoms with Gasteiger partial charge in [0.2, 0.25) is 17.8 Å². The summed E-state index contributed by atoms with van der Waals surface area (Å²) in [5, 5.41) is 5.40. The molecule has 2 fully saturated rings. The molecule has 0 radical (unpaired) electrons. The van der Waals surface area contributed by atoms with Crippen molar-refractivity contribution < 1.29 is 46.6 Å². The minimum Gasteiger partial charge on any atom is -0.493 e. The number of H-pyrrole nitrogens is 1. The molecule has 0 saturated carbocycles. The van der Waals surface area contributed by atoms with Gasteiger partial charge in [-0.1, -0.05) is 30.4 Å². The van der Waals surface area contributed by atoms with Gasteiger partial charge in [0, 0.05) is 26.1 Å². The third-order valence-corrected chi connectivity index (χ3v) is 11.2. The van der Waals surface area contributed by atoms with Crippen molar-refractivity contribution in [3.8, 4) is 23.3 Å². The maximum atomic E-state index is 15.3. The van der Waals surface area contributed by atoms with Gasteiger partial charge in [-0.15, -0.1) is 0 Å². The maximum Gasteiger partial charge on any atom is 0.266 e. The molecule has 6 heterocycles. The number of benzene rings is 3. The van der Waals surface area contributed by atoms with E-state index in [-0.39, 0.29) is 66.1 Å². The molecular formula is C45H41F3N10O7. The highest BCUT2D eigenvalue weighted by molar-refractivity contribution is 6.24. The number of morpholine rings is 1. The Hall–Kier alpha value is -7.37. The highest BCUT2D eigenvalue weighted by Crippen LogP contribution is 2.34. The highest BCUT2D eigenvalue weighted by atomic mass is 19.2. The predicted molar refractivity (Wildman–Crippen MR) is 228 cm³/mol. The van der Waals surface area contributed by atoms with Crippen LogP contribution in [0.3, 0.4) is 0 Å². The minimum absolute atomic E-state index is 0.00310. The van der Waals surface area contributed by atoms with E-state index in [4.69, 9.17) is 24.2 Å². The Morgan fingerprint density at radius 3 is 2.52 bits per heavy atom. The average molecular weight is 891 g/mol. The van der Waals surface area contributed by atoms with E-state index < -0.39 is 47.1 Å². The van der Waals surface area contributed by atoms with Crippen LogP contribution in [-0.4, -0.2) is 110 Å². The summed E-state index contributed by atoms with van der Waals surface area (Å²) in [4.78, 5) is 74.5. The quantitative estimate of drug-likeness (QED) is 0.0711. The predicted octanol–water partition coefficient (Wildman–Crippen LogP) is 4.97. The van der Waals surface area contributed by atoms with Crippen molar-refractivity contribution in [2.75, 3.05) is 56.3 Å². The van der Waals surface area contributed by atoms with Crippen molar-refractivity contribution in [2.24, 2.45) is 0 Å². The number of piperidine rings is 1. The molecule has 17 nitrogen and oxygen atoms in total. The molecule has 3 aromatic carbocycles. The fourth-order valence-corrected chi connectivity index (χ4v) is 7.91. The molecule has 65 heavy (non-hydrogen) atoms. The van der Waals surface area contributed by atoms with Crippen molar-refractivity contribution in [2.45, 2.75) is 51.1 Å². The molecule has 0 aliphatic carbocycles. The standard InChI is InChI=1S/C45H41F3N10O7/c46-27-9-5-10-28(23-27)57-25-50-39-40(54-45(55-41(39)57)56-15-20-64-21-16-56)49-24-33-51-30-22-26(36(47)37(48)38(30)52-33)8-7-18-63-17-3-1-2-4-19-65-32-12-6-11-29-35(32)44(62)58(43(29)61)31-13-14-34(59)53-42(31)60/h5-6,9-12,22-23,25,31H,1-4,13-21,24H2,(H,51,52)(H,49,54,55)(H,53,59,60). The van der Waals surface area contributed by atoms with Gasteiger partial charge in [-0.2, -0.15) is 9.97 Å². The summed E-state index contributed by atoms with van der Waals surface area (Å²) in [6.07, 6.45) is 4.58. The number of nitrogens with zero attached hydrogens (tertiary/aromatic N) is 7. The molecule has 0 spiro atoms. The van der Waals surface area contributed by atoms with Crippen LogP contribution in [0, 0.1) is 29.3 Å². The number of halogens is 3. The van der Waals surface area contributed by atoms with Gasteiger partial charge in [-0.3, -0.25) is 34.0 Å². The minimum atomic E-state index is -1.14. The van der Waals surface area contributed by atoms with Crippen LogP contribution < -0.4 is 20.3 Å². The molecule has 3 aromatic heterocycles. The van der Waals surface area contributed by atoms with E-state index in [0.29, 0.717) is 80.2 Å². The maximum absolute atomic E-state index is 15.3. The Morgan fingerprint density at radius 2 is 1.71 bits per heavy atom. The van der Waals surface area contributed by atoms with E-state index >= 15 is 8.78 Å². The van der Waals surface area contributed by atoms with Crippen molar-refractivity contribution in [3.05, 3.63) is 94.8 Å². The normalized spacial score (nSPS) is 16.3. The average Bonchev–Trinajstić information content (AvgIpc) is 4.00. The second-order valence-electron chi connectivity index (χ2n) is 15.5. The molecule has 3 N–H and O–H groups in total. The summed E-state index contributed by atoms with van der Waals surface area (Å²) in [6, 6.07) is 11.1. The number of hydrogen-bond donors (Lipinski definition) is 3. The van der Waals surface area contributed by atoms with Crippen LogP contribution in [0.5, 0.6) is 5.75 Å². The Morgan fingerprint density at radius 1 is 0.892 bits per heavy atom. The number of unbranched alkanes of at least 4 members (excludes halogenated alkanes) is 3.